The molecule has 0 aliphatic heterocycles. The Labute approximate surface area is 85.7 Å². The molecule has 0 unspecified atom stereocenters. The zero-order valence-electron chi connectivity index (χ0n) is 7.20. The Bertz CT molecular complexity index is 434. The van der Waals surface area contributed by atoms with E-state index in [4.69, 9.17) is 11.6 Å². The minimum absolute atomic E-state index is 0.0841. The summed E-state index contributed by atoms with van der Waals surface area (Å²) in [7, 11) is 0. The molecule has 1 aromatic carbocycles. The number of ketones is 1. The van der Waals surface area contributed by atoms with Crippen LogP contribution in [0.1, 0.15) is 16.1 Å². The molecule has 1 heterocycles. The molecule has 0 aliphatic carbocycles. The number of rotatable bonds is 2. The van der Waals surface area contributed by atoms with Gasteiger partial charge in [0.1, 0.15) is 5.69 Å². The van der Waals surface area contributed by atoms with Crippen molar-refractivity contribution in [3.05, 3.63) is 53.1 Å². The second-order valence-corrected chi connectivity index (χ2v) is 3.24. The number of aromatic amines is 1. The standard InChI is InChI=1S/C10H7ClN2O/c11-8-3-1-7(2-4-8)10(14)9-5-12-6-13-9/h1-6H,(H,12,13). The van der Waals surface area contributed by atoms with Crippen molar-refractivity contribution in [2.75, 3.05) is 0 Å². The van der Waals surface area contributed by atoms with Crippen molar-refractivity contribution in [1.82, 2.24) is 9.97 Å². The van der Waals surface area contributed by atoms with Crippen LogP contribution < -0.4 is 0 Å². The lowest BCUT2D eigenvalue weighted by atomic mass is 10.1. The minimum Gasteiger partial charge on any atom is -0.342 e. The number of benzene rings is 1. The monoisotopic (exact) mass is 206 g/mol. The number of nitrogens with zero attached hydrogens (tertiary/aromatic N) is 1. The van der Waals surface area contributed by atoms with E-state index in [1.165, 1.54) is 12.5 Å². The highest BCUT2D eigenvalue weighted by molar-refractivity contribution is 6.30. The normalized spacial score (nSPS) is 10.1. The highest BCUT2D eigenvalue weighted by Crippen LogP contribution is 2.12. The molecule has 2 aromatic rings. The van der Waals surface area contributed by atoms with Crippen LogP contribution in [0.5, 0.6) is 0 Å². The third-order valence-electron chi connectivity index (χ3n) is 1.85. The second kappa shape index (κ2) is 3.64. The molecule has 0 radical (unpaired) electrons. The largest absolute Gasteiger partial charge is 0.342 e. The second-order valence-electron chi connectivity index (χ2n) is 2.80. The fourth-order valence-corrected chi connectivity index (χ4v) is 1.26. The number of nitrogens with one attached hydrogen (secondary N) is 1. The van der Waals surface area contributed by atoms with Crippen molar-refractivity contribution in [2.24, 2.45) is 0 Å². The van der Waals surface area contributed by atoms with E-state index in [0.717, 1.165) is 0 Å². The summed E-state index contributed by atoms with van der Waals surface area (Å²) in [5, 5.41) is 0.617. The molecular formula is C10H7ClN2O. The van der Waals surface area contributed by atoms with Gasteiger partial charge < -0.3 is 4.98 Å². The third kappa shape index (κ3) is 1.67. The van der Waals surface area contributed by atoms with Gasteiger partial charge in [0.2, 0.25) is 5.78 Å². The van der Waals surface area contributed by atoms with Gasteiger partial charge in [-0.1, -0.05) is 11.6 Å². The molecular weight excluding hydrogens is 200 g/mol. The molecule has 70 valence electrons. The number of H-pyrrole nitrogens is 1. The molecule has 4 heteroatoms. The van der Waals surface area contributed by atoms with Crippen molar-refractivity contribution in [3.63, 3.8) is 0 Å². The van der Waals surface area contributed by atoms with Gasteiger partial charge in [-0.15, -0.1) is 0 Å². The molecule has 2 rings (SSSR count). The van der Waals surface area contributed by atoms with E-state index < -0.39 is 0 Å². The van der Waals surface area contributed by atoms with Gasteiger partial charge in [0.25, 0.3) is 0 Å². The first-order valence-electron chi connectivity index (χ1n) is 4.06. The lowest BCUT2D eigenvalue weighted by Gasteiger charge is -1.97. The van der Waals surface area contributed by atoms with Gasteiger partial charge in [0, 0.05) is 10.6 Å². The van der Waals surface area contributed by atoms with Crippen LogP contribution in [-0.2, 0) is 0 Å². The molecule has 0 fully saturated rings. The number of imidazole rings is 1. The predicted octanol–water partition coefficient (Wildman–Crippen LogP) is 2.29. The molecule has 0 spiro atoms. The molecule has 0 saturated carbocycles. The van der Waals surface area contributed by atoms with Gasteiger partial charge >= 0.3 is 0 Å². The first-order chi connectivity index (χ1) is 6.77. The molecule has 14 heavy (non-hydrogen) atoms. The highest BCUT2D eigenvalue weighted by Gasteiger charge is 2.09. The van der Waals surface area contributed by atoms with Gasteiger partial charge in [0.05, 0.1) is 12.5 Å². The van der Waals surface area contributed by atoms with Crippen LogP contribution in [0, 0.1) is 0 Å². The van der Waals surface area contributed by atoms with Crippen LogP contribution >= 0.6 is 11.6 Å². The first-order valence-corrected chi connectivity index (χ1v) is 4.44. The summed E-state index contributed by atoms with van der Waals surface area (Å²) in [5.41, 5.74) is 1.07. The van der Waals surface area contributed by atoms with E-state index in [0.29, 0.717) is 16.3 Å². The molecule has 0 saturated heterocycles. The van der Waals surface area contributed by atoms with Crippen LogP contribution in [0.3, 0.4) is 0 Å². The van der Waals surface area contributed by atoms with Crippen LogP contribution in [-0.4, -0.2) is 15.8 Å². The third-order valence-corrected chi connectivity index (χ3v) is 2.10. The SMILES string of the molecule is O=C(c1ccc(Cl)cc1)c1cnc[nH]1. The molecule has 0 bridgehead atoms. The highest BCUT2D eigenvalue weighted by atomic mass is 35.5. The van der Waals surface area contributed by atoms with Crippen LogP contribution in [0.25, 0.3) is 0 Å². The van der Waals surface area contributed by atoms with Crippen molar-refractivity contribution in [1.29, 1.82) is 0 Å². The number of aromatic nitrogens is 2. The molecule has 0 amide bonds. The number of hydrogen-bond donors (Lipinski definition) is 1. The van der Waals surface area contributed by atoms with E-state index in [9.17, 15) is 4.79 Å². The Hall–Kier alpha value is -1.61. The summed E-state index contributed by atoms with van der Waals surface area (Å²) in [4.78, 5) is 18.2. The minimum atomic E-state index is -0.0841. The van der Waals surface area contributed by atoms with Gasteiger partial charge in [-0.25, -0.2) is 4.98 Å². The molecule has 1 aromatic heterocycles. The molecule has 3 nitrogen and oxygen atoms in total. The average molecular weight is 207 g/mol. The average Bonchev–Trinajstić information content (AvgIpc) is 2.71. The Morgan fingerprint density at radius 1 is 1.29 bits per heavy atom. The maximum Gasteiger partial charge on any atom is 0.210 e. The first kappa shape index (κ1) is 8.97. The van der Waals surface area contributed by atoms with Gasteiger partial charge in [0.15, 0.2) is 0 Å². The fraction of sp³-hybridized carbons (Fsp3) is 0. The van der Waals surface area contributed by atoms with E-state index in [-0.39, 0.29) is 5.78 Å². The summed E-state index contributed by atoms with van der Waals surface area (Å²) in [6.07, 6.45) is 2.97. The Morgan fingerprint density at radius 3 is 2.57 bits per heavy atom. The van der Waals surface area contributed by atoms with E-state index in [1.54, 1.807) is 24.3 Å². The predicted molar refractivity (Wildman–Crippen MR) is 53.5 cm³/mol. The maximum absolute atomic E-state index is 11.7. The summed E-state index contributed by atoms with van der Waals surface area (Å²) >= 11 is 5.71. The van der Waals surface area contributed by atoms with Crippen molar-refractivity contribution >= 4 is 17.4 Å². The van der Waals surface area contributed by atoms with Crippen LogP contribution in [0.15, 0.2) is 36.8 Å². The number of hydrogen-bond acceptors (Lipinski definition) is 2. The fourth-order valence-electron chi connectivity index (χ4n) is 1.14. The van der Waals surface area contributed by atoms with Crippen molar-refractivity contribution in [2.45, 2.75) is 0 Å². The summed E-state index contributed by atoms with van der Waals surface area (Å²) in [6, 6.07) is 6.74. The lowest BCUT2D eigenvalue weighted by Crippen LogP contribution is -2.00. The van der Waals surface area contributed by atoms with Gasteiger partial charge in [-0.3, -0.25) is 4.79 Å². The smallest absolute Gasteiger partial charge is 0.210 e. The van der Waals surface area contributed by atoms with Crippen molar-refractivity contribution in [3.8, 4) is 0 Å². The Morgan fingerprint density at radius 2 is 2.00 bits per heavy atom. The van der Waals surface area contributed by atoms with E-state index in [1.807, 2.05) is 0 Å². The van der Waals surface area contributed by atoms with E-state index >= 15 is 0 Å². The lowest BCUT2D eigenvalue weighted by molar-refractivity contribution is 0.103. The van der Waals surface area contributed by atoms with E-state index in [2.05, 4.69) is 9.97 Å². The summed E-state index contributed by atoms with van der Waals surface area (Å²) < 4.78 is 0. The molecule has 0 aliphatic rings. The number of carbonyl (C=O) groups excluding carboxylic acids is 1. The van der Waals surface area contributed by atoms with Crippen LogP contribution in [0.2, 0.25) is 5.02 Å². The zero-order valence-corrected chi connectivity index (χ0v) is 7.95. The zero-order chi connectivity index (χ0) is 9.97. The van der Waals surface area contributed by atoms with Crippen LogP contribution in [0.4, 0.5) is 0 Å². The number of halogens is 1. The summed E-state index contributed by atoms with van der Waals surface area (Å²) in [6.45, 7) is 0. The quantitative estimate of drug-likeness (QED) is 0.767. The molecule has 1 N–H and O–H groups in total. The topological polar surface area (TPSA) is 45.8 Å². The summed E-state index contributed by atoms with van der Waals surface area (Å²) in [5.74, 6) is -0.0841. The Kier molecular flexibility index (Phi) is 2.33. The van der Waals surface area contributed by atoms with Gasteiger partial charge in [-0.2, -0.15) is 0 Å². The molecule has 0 atom stereocenters. The number of carbonyl (C=O) groups is 1. The van der Waals surface area contributed by atoms with Crippen molar-refractivity contribution < 1.29 is 4.79 Å². The maximum atomic E-state index is 11.7. The van der Waals surface area contributed by atoms with Gasteiger partial charge in [-0.05, 0) is 24.3 Å². The Balaban J connectivity index is 2.33.